The molecule has 0 aromatic heterocycles. The molecule has 1 heterocycles. The fraction of sp³-hybridized carbons (Fsp3) is 0.455. The van der Waals surface area contributed by atoms with Crippen molar-refractivity contribution in [3.05, 3.63) is 52.5 Å². The van der Waals surface area contributed by atoms with Gasteiger partial charge in [0, 0.05) is 37.9 Å². The third-order valence-corrected chi connectivity index (χ3v) is 5.87. The largest absolute Gasteiger partial charge is 0.493 e. The zero-order valence-corrected chi connectivity index (χ0v) is 18.1. The predicted molar refractivity (Wildman–Crippen MR) is 113 cm³/mol. The first-order valence-corrected chi connectivity index (χ1v) is 10.2. The van der Waals surface area contributed by atoms with E-state index in [-0.39, 0.29) is 5.02 Å². The molecule has 0 unspecified atom stereocenters. The van der Waals surface area contributed by atoms with Crippen molar-refractivity contribution in [1.29, 1.82) is 0 Å². The van der Waals surface area contributed by atoms with Gasteiger partial charge in [0.1, 0.15) is 0 Å². The summed E-state index contributed by atoms with van der Waals surface area (Å²) in [7, 11) is 3.23. The normalized spacial score (nSPS) is 16.4. The van der Waals surface area contributed by atoms with E-state index in [0.29, 0.717) is 36.3 Å². The highest BCUT2D eigenvalue weighted by Gasteiger charge is 2.34. The number of ether oxygens (including phenoxy) is 2. The van der Waals surface area contributed by atoms with Crippen LogP contribution >= 0.6 is 11.6 Å². The van der Waals surface area contributed by atoms with E-state index in [9.17, 15) is 13.2 Å². The molecule has 2 aromatic carbocycles. The molecule has 1 atom stereocenters. The van der Waals surface area contributed by atoms with Crippen molar-refractivity contribution in [2.45, 2.75) is 25.6 Å². The summed E-state index contributed by atoms with van der Waals surface area (Å²) in [5, 5.41) is -0.270. The molecule has 1 saturated heterocycles. The molecule has 1 aliphatic heterocycles. The van der Waals surface area contributed by atoms with Crippen LogP contribution in [0.4, 0.5) is 18.9 Å². The van der Waals surface area contributed by atoms with Crippen LogP contribution in [0.1, 0.15) is 18.1 Å². The molecule has 3 rings (SSSR count). The van der Waals surface area contributed by atoms with Crippen molar-refractivity contribution >= 4 is 17.3 Å². The van der Waals surface area contributed by atoms with Crippen molar-refractivity contribution in [1.82, 2.24) is 4.90 Å². The van der Waals surface area contributed by atoms with E-state index < -0.39 is 11.7 Å². The number of hydrogen-bond acceptors (Lipinski definition) is 4. The maximum absolute atomic E-state index is 13.1. The predicted octanol–water partition coefficient (Wildman–Crippen LogP) is 5.13. The number of hydrogen-bond donors (Lipinski definition) is 0. The zero-order chi connectivity index (χ0) is 21.9. The minimum Gasteiger partial charge on any atom is -0.493 e. The lowest BCUT2D eigenvalue weighted by molar-refractivity contribution is -0.137. The Balaban J connectivity index is 1.62. The topological polar surface area (TPSA) is 24.9 Å². The van der Waals surface area contributed by atoms with Crippen LogP contribution in [-0.2, 0) is 12.6 Å². The Labute approximate surface area is 180 Å². The quantitative estimate of drug-likeness (QED) is 0.619. The van der Waals surface area contributed by atoms with Crippen LogP contribution < -0.4 is 14.4 Å². The van der Waals surface area contributed by atoms with Gasteiger partial charge in [0.25, 0.3) is 0 Å². The third-order valence-electron chi connectivity index (χ3n) is 5.54. The summed E-state index contributed by atoms with van der Waals surface area (Å²) >= 11 is 5.74. The third kappa shape index (κ3) is 5.13. The van der Waals surface area contributed by atoms with Gasteiger partial charge >= 0.3 is 6.18 Å². The Morgan fingerprint density at radius 2 is 1.63 bits per heavy atom. The first-order valence-electron chi connectivity index (χ1n) is 9.79. The molecule has 0 radical (unpaired) electrons. The molecule has 1 aliphatic rings. The Morgan fingerprint density at radius 3 is 2.23 bits per heavy atom. The second kappa shape index (κ2) is 9.35. The van der Waals surface area contributed by atoms with Crippen LogP contribution in [0.5, 0.6) is 11.5 Å². The molecular weight excluding hydrogens is 417 g/mol. The molecule has 4 nitrogen and oxygen atoms in total. The van der Waals surface area contributed by atoms with Gasteiger partial charge in [0.2, 0.25) is 0 Å². The zero-order valence-electron chi connectivity index (χ0n) is 17.3. The van der Waals surface area contributed by atoms with E-state index in [0.717, 1.165) is 31.1 Å². The van der Waals surface area contributed by atoms with Gasteiger partial charge in [-0.25, -0.2) is 0 Å². The molecule has 0 aliphatic carbocycles. The van der Waals surface area contributed by atoms with Crippen LogP contribution in [0.25, 0.3) is 0 Å². The Bertz CT molecular complexity index is 868. The average molecular weight is 443 g/mol. The standard InChI is InChI=1S/C22H26ClF3N2O2/c1-15(12-16-4-7-20(29-2)21(13-16)30-3)27-8-10-28(11-9-27)17-5-6-19(23)18(14-17)22(24,25)26/h4-7,13-15H,8-12H2,1-3H3/t15-/m0/s1. The molecule has 0 spiro atoms. The number of anilines is 1. The van der Waals surface area contributed by atoms with Crippen molar-refractivity contribution in [2.75, 3.05) is 45.3 Å². The molecule has 164 valence electrons. The van der Waals surface area contributed by atoms with E-state index in [1.807, 2.05) is 23.1 Å². The summed E-state index contributed by atoms with van der Waals surface area (Å²) in [6, 6.07) is 10.3. The fourth-order valence-electron chi connectivity index (χ4n) is 3.83. The van der Waals surface area contributed by atoms with E-state index in [2.05, 4.69) is 11.8 Å². The van der Waals surface area contributed by atoms with E-state index >= 15 is 0 Å². The molecule has 1 fully saturated rings. The molecule has 8 heteroatoms. The molecule has 2 aromatic rings. The number of piperazine rings is 1. The van der Waals surface area contributed by atoms with Crippen molar-refractivity contribution in [3.63, 3.8) is 0 Å². The maximum atomic E-state index is 13.1. The average Bonchev–Trinajstić information content (AvgIpc) is 2.73. The SMILES string of the molecule is COc1ccc(C[C@H](C)N2CCN(c3ccc(Cl)c(C(F)(F)F)c3)CC2)cc1OC. The van der Waals surface area contributed by atoms with Gasteiger partial charge in [-0.3, -0.25) is 4.90 Å². The number of rotatable bonds is 6. The number of methoxy groups -OCH3 is 2. The lowest BCUT2D eigenvalue weighted by Gasteiger charge is -2.39. The van der Waals surface area contributed by atoms with Crippen molar-refractivity contribution < 1.29 is 22.6 Å². The highest BCUT2D eigenvalue weighted by atomic mass is 35.5. The van der Waals surface area contributed by atoms with Gasteiger partial charge in [-0.05, 0) is 49.2 Å². The monoisotopic (exact) mass is 442 g/mol. The van der Waals surface area contributed by atoms with E-state index in [1.54, 1.807) is 20.3 Å². The smallest absolute Gasteiger partial charge is 0.417 e. The molecular formula is C22H26ClF3N2O2. The van der Waals surface area contributed by atoms with Gasteiger partial charge < -0.3 is 14.4 Å². The van der Waals surface area contributed by atoms with Crippen molar-refractivity contribution in [2.24, 2.45) is 0 Å². The second-order valence-electron chi connectivity index (χ2n) is 7.43. The molecule has 0 amide bonds. The maximum Gasteiger partial charge on any atom is 0.417 e. The summed E-state index contributed by atoms with van der Waals surface area (Å²) in [5.41, 5.74) is 0.917. The highest BCUT2D eigenvalue weighted by molar-refractivity contribution is 6.31. The molecule has 30 heavy (non-hydrogen) atoms. The molecule has 0 N–H and O–H groups in total. The van der Waals surface area contributed by atoms with Crippen LogP contribution in [0.3, 0.4) is 0 Å². The van der Waals surface area contributed by atoms with Crippen LogP contribution in [-0.4, -0.2) is 51.3 Å². The lowest BCUT2D eigenvalue weighted by atomic mass is 10.0. The second-order valence-corrected chi connectivity index (χ2v) is 7.83. The van der Waals surface area contributed by atoms with Gasteiger partial charge in [0.15, 0.2) is 11.5 Å². The summed E-state index contributed by atoms with van der Waals surface area (Å²) in [6.07, 6.45) is -3.61. The Kier molecular flexibility index (Phi) is 7.03. The van der Waals surface area contributed by atoms with Gasteiger partial charge in [-0.2, -0.15) is 13.2 Å². The van der Waals surface area contributed by atoms with Crippen LogP contribution in [0, 0.1) is 0 Å². The summed E-state index contributed by atoms with van der Waals surface area (Å²) in [5.74, 6) is 1.40. The van der Waals surface area contributed by atoms with E-state index in [1.165, 1.54) is 6.07 Å². The Hall–Kier alpha value is -2.12. The Morgan fingerprint density at radius 1 is 0.967 bits per heavy atom. The van der Waals surface area contributed by atoms with Crippen LogP contribution in [0.15, 0.2) is 36.4 Å². The number of benzene rings is 2. The fourth-order valence-corrected chi connectivity index (χ4v) is 4.05. The number of nitrogens with zero attached hydrogens (tertiary/aromatic N) is 2. The van der Waals surface area contributed by atoms with Gasteiger partial charge in [0.05, 0.1) is 24.8 Å². The van der Waals surface area contributed by atoms with Gasteiger partial charge in [-0.15, -0.1) is 0 Å². The number of halogens is 4. The lowest BCUT2D eigenvalue weighted by Crippen LogP contribution is -2.50. The summed E-state index contributed by atoms with van der Waals surface area (Å²) < 4.78 is 50.1. The van der Waals surface area contributed by atoms with Crippen molar-refractivity contribution in [3.8, 4) is 11.5 Å². The number of alkyl halides is 3. The highest BCUT2D eigenvalue weighted by Crippen LogP contribution is 2.37. The summed E-state index contributed by atoms with van der Waals surface area (Å²) in [4.78, 5) is 4.33. The van der Waals surface area contributed by atoms with Gasteiger partial charge in [-0.1, -0.05) is 17.7 Å². The molecule has 0 saturated carbocycles. The van der Waals surface area contributed by atoms with Crippen LogP contribution in [0.2, 0.25) is 5.02 Å². The summed E-state index contributed by atoms with van der Waals surface area (Å²) in [6.45, 7) is 5.04. The first kappa shape index (κ1) is 22.6. The minimum absolute atomic E-state index is 0.270. The first-order chi connectivity index (χ1) is 14.2. The van der Waals surface area contributed by atoms with E-state index in [4.69, 9.17) is 21.1 Å². The molecule has 0 bridgehead atoms. The minimum atomic E-state index is -4.46.